The van der Waals surface area contributed by atoms with E-state index in [1.165, 1.54) is 0 Å². The van der Waals surface area contributed by atoms with Crippen molar-refractivity contribution in [3.63, 3.8) is 0 Å². The molecule has 1 aromatic heterocycles. The average molecular weight is 350 g/mol. The van der Waals surface area contributed by atoms with Gasteiger partial charge < -0.3 is 0 Å². The van der Waals surface area contributed by atoms with Crippen molar-refractivity contribution in [2.24, 2.45) is 0 Å². The molecular weight excluding hydrogens is 337 g/mol. The Balaban J connectivity index is 1.96. The maximum absolute atomic E-state index is 6.63. The zero-order chi connectivity index (χ0) is 16.5. The zero-order valence-corrected chi connectivity index (χ0v) is 14.2. The van der Waals surface area contributed by atoms with E-state index in [0.29, 0.717) is 10.1 Å². The zero-order valence-electron chi connectivity index (χ0n) is 12.7. The second-order valence-electron chi connectivity index (χ2n) is 5.57. The SMILES string of the molecule is ClC(=Cc1ccc(Cl)cc1)c1nc2ccccc2c2ccccc12. The minimum absolute atomic E-state index is 0.610. The van der Waals surface area contributed by atoms with Gasteiger partial charge >= 0.3 is 0 Å². The van der Waals surface area contributed by atoms with Gasteiger partial charge in [0.05, 0.1) is 16.2 Å². The predicted octanol–water partition coefficient (Wildman–Crippen LogP) is 6.78. The normalized spacial score (nSPS) is 12.0. The molecule has 0 N–H and O–H groups in total. The van der Waals surface area contributed by atoms with E-state index in [9.17, 15) is 0 Å². The summed E-state index contributed by atoms with van der Waals surface area (Å²) >= 11 is 12.6. The first kappa shape index (κ1) is 15.2. The lowest BCUT2D eigenvalue weighted by Gasteiger charge is -2.09. The molecule has 0 unspecified atom stereocenters. The number of benzene rings is 3. The summed E-state index contributed by atoms with van der Waals surface area (Å²) in [5, 5.41) is 4.65. The highest BCUT2D eigenvalue weighted by Gasteiger charge is 2.10. The fraction of sp³-hybridized carbons (Fsp3) is 0. The molecule has 0 atom stereocenters. The summed E-state index contributed by atoms with van der Waals surface area (Å²) < 4.78 is 0. The summed E-state index contributed by atoms with van der Waals surface area (Å²) in [7, 11) is 0. The Morgan fingerprint density at radius 1 is 0.750 bits per heavy atom. The van der Waals surface area contributed by atoms with Gasteiger partial charge in [0.15, 0.2) is 0 Å². The van der Waals surface area contributed by atoms with Gasteiger partial charge in [-0.15, -0.1) is 0 Å². The third-order valence-corrected chi connectivity index (χ3v) is 4.54. The summed E-state index contributed by atoms with van der Waals surface area (Å²) in [6.07, 6.45) is 1.92. The van der Waals surface area contributed by atoms with E-state index in [1.54, 1.807) is 0 Å². The largest absolute Gasteiger partial charge is 0.246 e. The Morgan fingerprint density at radius 2 is 1.38 bits per heavy atom. The summed E-state index contributed by atoms with van der Waals surface area (Å²) in [4.78, 5) is 4.79. The Bertz CT molecular complexity index is 1070. The van der Waals surface area contributed by atoms with Crippen LogP contribution in [0.4, 0.5) is 0 Å². The minimum atomic E-state index is 0.610. The highest BCUT2D eigenvalue weighted by Crippen LogP contribution is 2.32. The van der Waals surface area contributed by atoms with E-state index in [1.807, 2.05) is 60.7 Å². The van der Waals surface area contributed by atoms with Gasteiger partial charge in [-0.05, 0) is 35.2 Å². The predicted molar refractivity (Wildman–Crippen MR) is 104 cm³/mol. The molecule has 3 aromatic carbocycles. The molecule has 0 aliphatic heterocycles. The summed E-state index contributed by atoms with van der Waals surface area (Å²) in [5.74, 6) is 0. The van der Waals surface area contributed by atoms with E-state index >= 15 is 0 Å². The maximum Gasteiger partial charge on any atom is 0.0902 e. The van der Waals surface area contributed by atoms with Crippen molar-refractivity contribution < 1.29 is 0 Å². The fourth-order valence-electron chi connectivity index (χ4n) is 2.86. The van der Waals surface area contributed by atoms with Crippen molar-refractivity contribution in [3.8, 4) is 0 Å². The van der Waals surface area contributed by atoms with E-state index in [4.69, 9.17) is 28.2 Å². The molecule has 116 valence electrons. The highest BCUT2D eigenvalue weighted by atomic mass is 35.5. The standard InChI is InChI=1S/C21H13Cl2N/c22-15-11-9-14(10-12-15)13-19(23)21-18-7-2-1-5-16(18)17-6-3-4-8-20(17)24-21/h1-13H. The van der Waals surface area contributed by atoms with Crippen LogP contribution >= 0.6 is 23.2 Å². The number of pyridine rings is 1. The monoisotopic (exact) mass is 349 g/mol. The highest BCUT2D eigenvalue weighted by molar-refractivity contribution is 6.52. The second-order valence-corrected chi connectivity index (χ2v) is 6.41. The van der Waals surface area contributed by atoms with Gasteiger partial charge in [0.2, 0.25) is 0 Å². The molecule has 0 amide bonds. The van der Waals surface area contributed by atoms with Crippen LogP contribution in [-0.2, 0) is 0 Å². The van der Waals surface area contributed by atoms with Crippen LogP contribution in [0.15, 0.2) is 72.8 Å². The second kappa shape index (κ2) is 6.27. The van der Waals surface area contributed by atoms with Gasteiger partial charge in [0.25, 0.3) is 0 Å². The summed E-state index contributed by atoms with van der Waals surface area (Å²) in [6, 6.07) is 23.9. The molecule has 0 bridgehead atoms. The van der Waals surface area contributed by atoms with Crippen LogP contribution in [0.5, 0.6) is 0 Å². The van der Waals surface area contributed by atoms with Crippen molar-refractivity contribution in [2.45, 2.75) is 0 Å². The molecule has 0 spiro atoms. The number of para-hydroxylation sites is 1. The molecule has 4 rings (SSSR count). The molecule has 0 saturated carbocycles. The first-order chi connectivity index (χ1) is 11.7. The van der Waals surface area contributed by atoms with Gasteiger partial charge in [-0.3, -0.25) is 0 Å². The van der Waals surface area contributed by atoms with Crippen LogP contribution in [0.3, 0.4) is 0 Å². The molecule has 1 heterocycles. The van der Waals surface area contributed by atoms with Crippen LogP contribution in [-0.4, -0.2) is 4.98 Å². The number of nitrogens with zero attached hydrogens (tertiary/aromatic N) is 1. The van der Waals surface area contributed by atoms with Gasteiger partial charge in [-0.1, -0.05) is 77.8 Å². The molecule has 0 aliphatic carbocycles. The smallest absolute Gasteiger partial charge is 0.0902 e. The van der Waals surface area contributed by atoms with Gasteiger partial charge in [-0.25, -0.2) is 4.98 Å². The van der Waals surface area contributed by atoms with Gasteiger partial charge in [-0.2, -0.15) is 0 Å². The molecule has 0 aliphatic rings. The maximum atomic E-state index is 6.63. The van der Waals surface area contributed by atoms with Crippen LogP contribution in [0.25, 0.3) is 32.8 Å². The third-order valence-electron chi connectivity index (χ3n) is 4.00. The lowest BCUT2D eigenvalue weighted by atomic mass is 10.0. The molecule has 0 fully saturated rings. The van der Waals surface area contributed by atoms with Gasteiger partial charge in [0.1, 0.15) is 0 Å². The number of rotatable bonds is 2. The van der Waals surface area contributed by atoms with Crippen molar-refractivity contribution in [2.75, 3.05) is 0 Å². The molecule has 24 heavy (non-hydrogen) atoms. The lowest BCUT2D eigenvalue weighted by Crippen LogP contribution is -1.90. The summed E-state index contributed by atoms with van der Waals surface area (Å²) in [5.41, 5.74) is 2.72. The van der Waals surface area contributed by atoms with Crippen molar-refractivity contribution in [3.05, 3.63) is 89.1 Å². The van der Waals surface area contributed by atoms with E-state index in [2.05, 4.69) is 18.2 Å². The quantitative estimate of drug-likeness (QED) is 0.363. The lowest BCUT2D eigenvalue weighted by molar-refractivity contribution is 1.40. The molecule has 0 saturated heterocycles. The molecule has 1 nitrogen and oxygen atoms in total. The van der Waals surface area contributed by atoms with Crippen LogP contribution in [0.1, 0.15) is 11.3 Å². The van der Waals surface area contributed by atoms with Gasteiger partial charge in [0, 0.05) is 15.8 Å². The van der Waals surface area contributed by atoms with Crippen molar-refractivity contribution in [1.82, 2.24) is 4.98 Å². The number of halogens is 2. The number of aromatic nitrogens is 1. The third kappa shape index (κ3) is 2.77. The summed E-state index contributed by atoms with van der Waals surface area (Å²) in [6.45, 7) is 0. The topological polar surface area (TPSA) is 12.9 Å². The molecular formula is C21H13Cl2N. The van der Waals surface area contributed by atoms with Crippen molar-refractivity contribution in [1.29, 1.82) is 0 Å². The number of fused-ring (bicyclic) bond motifs is 3. The van der Waals surface area contributed by atoms with Crippen LogP contribution in [0.2, 0.25) is 5.02 Å². The average Bonchev–Trinajstić information content (AvgIpc) is 2.63. The number of hydrogen-bond acceptors (Lipinski definition) is 1. The van der Waals surface area contributed by atoms with E-state index < -0.39 is 0 Å². The van der Waals surface area contributed by atoms with Crippen LogP contribution < -0.4 is 0 Å². The Labute approximate surface area is 150 Å². The minimum Gasteiger partial charge on any atom is -0.246 e. The fourth-order valence-corrected chi connectivity index (χ4v) is 3.26. The molecule has 4 aromatic rings. The first-order valence-corrected chi connectivity index (χ1v) is 8.38. The van der Waals surface area contributed by atoms with Crippen LogP contribution in [0, 0.1) is 0 Å². The molecule has 3 heteroatoms. The first-order valence-electron chi connectivity index (χ1n) is 7.63. The van der Waals surface area contributed by atoms with E-state index in [0.717, 1.165) is 32.9 Å². The Morgan fingerprint density at radius 3 is 2.12 bits per heavy atom. The molecule has 0 radical (unpaired) electrons. The van der Waals surface area contributed by atoms with Crippen molar-refractivity contribution >= 4 is 56.0 Å². The van der Waals surface area contributed by atoms with E-state index in [-0.39, 0.29) is 0 Å². The Hall–Kier alpha value is -2.35. The number of hydrogen-bond donors (Lipinski definition) is 0. The Kier molecular flexibility index (Phi) is 3.97.